The minimum atomic E-state index is -3.72. The number of benzene rings is 1. The molecule has 1 aliphatic carbocycles. The molecule has 0 atom stereocenters. The van der Waals surface area contributed by atoms with Crippen molar-refractivity contribution in [2.75, 3.05) is 6.61 Å². The summed E-state index contributed by atoms with van der Waals surface area (Å²) < 4.78 is 27.7. The fourth-order valence-electron chi connectivity index (χ4n) is 1.60. The third kappa shape index (κ3) is 3.93. The predicted molar refractivity (Wildman–Crippen MR) is 69.2 cm³/mol. The molecule has 0 aliphatic heterocycles. The van der Waals surface area contributed by atoms with Gasteiger partial charge >= 0.3 is 0 Å². The van der Waals surface area contributed by atoms with E-state index in [0.717, 1.165) is 12.8 Å². The molecule has 1 aromatic carbocycles. The van der Waals surface area contributed by atoms with Crippen molar-refractivity contribution in [2.24, 2.45) is 5.14 Å². The fraction of sp³-hybridized carbons (Fsp3) is 0.417. The van der Waals surface area contributed by atoms with E-state index in [1.807, 2.05) is 0 Å². The molecular formula is C12H16N2O4S. The first-order valence-corrected chi connectivity index (χ1v) is 7.46. The zero-order valence-corrected chi connectivity index (χ0v) is 11.4. The van der Waals surface area contributed by atoms with E-state index in [2.05, 4.69) is 5.32 Å². The zero-order valence-electron chi connectivity index (χ0n) is 10.5. The van der Waals surface area contributed by atoms with Crippen LogP contribution in [0.5, 0.6) is 5.75 Å². The normalized spacial score (nSPS) is 15.1. The second kappa shape index (κ2) is 5.18. The summed E-state index contributed by atoms with van der Waals surface area (Å²) in [5, 5.41) is 7.83. The van der Waals surface area contributed by atoms with Gasteiger partial charge in [-0.05, 0) is 43.5 Å². The molecule has 1 aromatic rings. The van der Waals surface area contributed by atoms with Gasteiger partial charge in [-0.3, -0.25) is 4.79 Å². The molecule has 1 aliphatic rings. The van der Waals surface area contributed by atoms with Gasteiger partial charge in [-0.2, -0.15) is 0 Å². The Morgan fingerprint density at radius 2 is 2.16 bits per heavy atom. The molecule has 1 fully saturated rings. The van der Waals surface area contributed by atoms with Gasteiger partial charge in [-0.25, -0.2) is 13.6 Å². The average Bonchev–Trinajstić information content (AvgIpc) is 3.10. The van der Waals surface area contributed by atoms with Gasteiger partial charge in [0.05, 0.1) is 4.90 Å². The standard InChI is InChI=1S/C12H16N2O4S/c1-8-6-10(19(13,16)17)4-5-11(8)18-7-12(15)14-9-2-3-9/h4-6,9H,2-3,7H2,1H3,(H,14,15)(H2,13,16,17). The number of aryl methyl sites for hydroxylation is 1. The van der Waals surface area contributed by atoms with Gasteiger partial charge in [0, 0.05) is 6.04 Å². The summed E-state index contributed by atoms with van der Waals surface area (Å²) in [5.41, 5.74) is 0.616. The van der Waals surface area contributed by atoms with Crippen LogP contribution in [0.2, 0.25) is 0 Å². The van der Waals surface area contributed by atoms with Gasteiger partial charge in [0.1, 0.15) is 5.75 Å². The van der Waals surface area contributed by atoms with Crippen molar-refractivity contribution >= 4 is 15.9 Å². The van der Waals surface area contributed by atoms with Crippen molar-refractivity contribution in [1.82, 2.24) is 5.32 Å². The summed E-state index contributed by atoms with van der Waals surface area (Å²) in [6.07, 6.45) is 2.04. The monoisotopic (exact) mass is 284 g/mol. The Labute approximate surface area is 112 Å². The van der Waals surface area contributed by atoms with Crippen molar-refractivity contribution < 1.29 is 17.9 Å². The Morgan fingerprint density at radius 1 is 1.47 bits per heavy atom. The van der Waals surface area contributed by atoms with E-state index < -0.39 is 10.0 Å². The van der Waals surface area contributed by atoms with Crippen LogP contribution in [0, 0.1) is 6.92 Å². The minimum absolute atomic E-state index is 0.0276. The Kier molecular flexibility index (Phi) is 3.77. The van der Waals surface area contributed by atoms with Crippen molar-refractivity contribution in [3.8, 4) is 5.75 Å². The molecule has 0 aromatic heterocycles. The first-order valence-electron chi connectivity index (χ1n) is 5.92. The summed E-state index contributed by atoms with van der Waals surface area (Å²) in [4.78, 5) is 11.5. The van der Waals surface area contributed by atoms with E-state index in [9.17, 15) is 13.2 Å². The lowest BCUT2D eigenvalue weighted by molar-refractivity contribution is -0.123. The number of rotatable bonds is 5. The van der Waals surface area contributed by atoms with Crippen molar-refractivity contribution in [1.29, 1.82) is 0 Å². The van der Waals surface area contributed by atoms with Crippen molar-refractivity contribution in [3.05, 3.63) is 23.8 Å². The Hall–Kier alpha value is -1.60. The highest BCUT2D eigenvalue weighted by Crippen LogP contribution is 2.21. The van der Waals surface area contributed by atoms with Crippen LogP contribution in [-0.4, -0.2) is 27.0 Å². The van der Waals surface area contributed by atoms with Gasteiger partial charge in [-0.1, -0.05) is 0 Å². The maximum atomic E-state index is 11.5. The first-order chi connectivity index (χ1) is 8.86. The quantitative estimate of drug-likeness (QED) is 0.812. The molecule has 19 heavy (non-hydrogen) atoms. The number of carbonyl (C=O) groups excluding carboxylic acids is 1. The van der Waals surface area contributed by atoms with E-state index in [1.54, 1.807) is 6.92 Å². The highest BCUT2D eigenvalue weighted by atomic mass is 32.2. The van der Waals surface area contributed by atoms with Crippen LogP contribution >= 0.6 is 0 Å². The molecule has 7 heteroatoms. The SMILES string of the molecule is Cc1cc(S(N)(=O)=O)ccc1OCC(=O)NC1CC1. The van der Waals surface area contributed by atoms with Crippen LogP contribution in [0.4, 0.5) is 0 Å². The van der Waals surface area contributed by atoms with Gasteiger partial charge in [0.25, 0.3) is 5.91 Å². The summed E-state index contributed by atoms with van der Waals surface area (Å²) in [5.74, 6) is 0.302. The Bertz CT molecular complexity index is 594. The summed E-state index contributed by atoms with van der Waals surface area (Å²) in [6.45, 7) is 1.62. The van der Waals surface area contributed by atoms with Gasteiger partial charge in [-0.15, -0.1) is 0 Å². The molecular weight excluding hydrogens is 268 g/mol. The Morgan fingerprint density at radius 3 is 2.68 bits per heavy atom. The minimum Gasteiger partial charge on any atom is -0.484 e. The van der Waals surface area contributed by atoms with E-state index in [1.165, 1.54) is 18.2 Å². The molecule has 0 spiro atoms. The number of carbonyl (C=O) groups is 1. The third-order valence-electron chi connectivity index (χ3n) is 2.78. The van der Waals surface area contributed by atoms with Crippen molar-refractivity contribution in [3.63, 3.8) is 0 Å². The Balaban J connectivity index is 1.98. The van der Waals surface area contributed by atoms with Crippen LogP contribution in [0.1, 0.15) is 18.4 Å². The third-order valence-corrected chi connectivity index (χ3v) is 3.69. The molecule has 1 saturated carbocycles. The molecule has 0 radical (unpaired) electrons. The van der Waals surface area contributed by atoms with E-state index in [4.69, 9.17) is 9.88 Å². The topological polar surface area (TPSA) is 98.5 Å². The second-order valence-electron chi connectivity index (χ2n) is 4.60. The fourth-order valence-corrected chi connectivity index (χ4v) is 2.20. The predicted octanol–water partition coefficient (Wildman–Crippen LogP) is 0.300. The number of hydrogen-bond acceptors (Lipinski definition) is 4. The summed E-state index contributed by atoms with van der Waals surface area (Å²) in [6, 6.07) is 4.57. The van der Waals surface area contributed by atoms with Crippen LogP contribution in [0.15, 0.2) is 23.1 Å². The zero-order chi connectivity index (χ0) is 14.0. The average molecular weight is 284 g/mol. The number of hydrogen-bond donors (Lipinski definition) is 2. The van der Waals surface area contributed by atoms with E-state index in [-0.39, 0.29) is 17.4 Å². The first kappa shape index (κ1) is 13.8. The lowest BCUT2D eigenvalue weighted by Gasteiger charge is -2.10. The highest BCUT2D eigenvalue weighted by Gasteiger charge is 2.23. The molecule has 104 valence electrons. The number of nitrogens with two attached hydrogens (primary N) is 1. The number of sulfonamides is 1. The van der Waals surface area contributed by atoms with Crippen LogP contribution in [0.3, 0.4) is 0 Å². The number of ether oxygens (including phenoxy) is 1. The van der Waals surface area contributed by atoms with Gasteiger partial charge < -0.3 is 10.1 Å². The maximum absolute atomic E-state index is 11.5. The molecule has 1 amide bonds. The van der Waals surface area contributed by atoms with Crippen LogP contribution in [-0.2, 0) is 14.8 Å². The molecule has 0 heterocycles. The van der Waals surface area contributed by atoms with Gasteiger partial charge in [0.15, 0.2) is 6.61 Å². The van der Waals surface area contributed by atoms with Crippen LogP contribution < -0.4 is 15.2 Å². The molecule has 0 unspecified atom stereocenters. The maximum Gasteiger partial charge on any atom is 0.258 e. The largest absolute Gasteiger partial charge is 0.484 e. The van der Waals surface area contributed by atoms with Gasteiger partial charge in [0.2, 0.25) is 10.0 Å². The van der Waals surface area contributed by atoms with Crippen LogP contribution in [0.25, 0.3) is 0 Å². The lowest BCUT2D eigenvalue weighted by atomic mass is 10.2. The molecule has 2 rings (SSSR count). The molecule has 0 bridgehead atoms. The summed E-state index contributed by atoms with van der Waals surface area (Å²) in [7, 11) is -3.72. The lowest BCUT2D eigenvalue weighted by Crippen LogP contribution is -2.30. The number of primary sulfonamides is 1. The second-order valence-corrected chi connectivity index (χ2v) is 6.16. The summed E-state index contributed by atoms with van der Waals surface area (Å²) >= 11 is 0. The molecule has 6 nitrogen and oxygen atoms in total. The molecule has 3 N–H and O–H groups in total. The highest BCUT2D eigenvalue weighted by molar-refractivity contribution is 7.89. The van der Waals surface area contributed by atoms with Crippen molar-refractivity contribution in [2.45, 2.75) is 30.7 Å². The molecule has 0 saturated heterocycles. The van der Waals surface area contributed by atoms with E-state index in [0.29, 0.717) is 17.4 Å². The van der Waals surface area contributed by atoms with E-state index >= 15 is 0 Å². The number of nitrogens with one attached hydrogen (secondary N) is 1. The number of amides is 1. The smallest absolute Gasteiger partial charge is 0.258 e.